The molecule has 0 fully saturated rings. The molecular formula is C12H12BrNO4S. The summed E-state index contributed by atoms with van der Waals surface area (Å²) in [7, 11) is -3.66. The maximum Gasteiger partial charge on any atom is 0.241 e. The van der Waals surface area contributed by atoms with Crippen LogP contribution in [0, 0.1) is 0 Å². The van der Waals surface area contributed by atoms with E-state index in [2.05, 4.69) is 20.7 Å². The Labute approximate surface area is 119 Å². The average molecular weight is 346 g/mol. The van der Waals surface area contributed by atoms with Gasteiger partial charge in [0.15, 0.2) is 0 Å². The molecule has 0 bridgehead atoms. The predicted octanol–water partition coefficient (Wildman–Crippen LogP) is 2.05. The Morgan fingerprint density at radius 2 is 2.05 bits per heavy atom. The van der Waals surface area contributed by atoms with Gasteiger partial charge in [-0.05, 0) is 34.1 Å². The first-order valence-electron chi connectivity index (χ1n) is 5.45. The minimum Gasteiger partial charge on any atom is -0.472 e. The lowest BCUT2D eigenvalue weighted by Crippen LogP contribution is -2.28. The van der Waals surface area contributed by atoms with Gasteiger partial charge in [-0.2, -0.15) is 0 Å². The Hall–Kier alpha value is -1.15. The van der Waals surface area contributed by atoms with Crippen molar-refractivity contribution in [3.63, 3.8) is 0 Å². The Bertz CT molecular complexity index is 640. The fourth-order valence-electron chi connectivity index (χ4n) is 1.51. The second-order valence-electron chi connectivity index (χ2n) is 3.85. The third-order valence-electron chi connectivity index (χ3n) is 2.52. The third kappa shape index (κ3) is 3.44. The summed E-state index contributed by atoms with van der Waals surface area (Å²) in [5, 5.41) is 9.79. The number of furan rings is 1. The lowest BCUT2D eigenvalue weighted by Gasteiger charge is -2.11. The van der Waals surface area contributed by atoms with Gasteiger partial charge in [0, 0.05) is 16.6 Å². The number of hydrogen-bond acceptors (Lipinski definition) is 4. The zero-order chi connectivity index (χ0) is 13.9. The van der Waals surface area contributed by atoms with Crippen molar-refractivity contribution in [1.29, 1.82) is 0 Å². The van der Waals surface area contributed by atoms with Crippen LogP contribution in [0.2, 0.25) is 0 Å². The molecule has 1 atom stereocenters. The molecule has 102 valence electrons. The van der Waals surface area contributed by atoms with Crippen LogP contribution >= 0.6 is 15.9 Å². The molecule has 0 aliphatic rings. The Morgan fingerprint density at radius 3 is 2.68 bits per heavy atom. The molecule has 0 radical (unpaired) electrons. The lowest BCUT2D eigenvalue weighted by atomic mass is 10.2. The van der Waals surface area contributed by atoms with E-state index < -0.39 is 16.1 Å². The van der Waals surface area contributed by atoms with Gasteiger partial charge in [0.25, 0.3) is 0 Å². The molecule has 7 heteroatoms. The highest BCUT2D eigenvalue weighted by Gasteiger charge is 2.19. The van der Waals surface area contributed by atoms with E-state index in [9.17, 15) is 13.5 Å². The fourth-order valence-corrected chi connectivity index (χ4v) is 3.55. The van der Waals surface area contributed by atoms with E-state index in [1.165, 1.54) is 18.6 Å². The molecule has 1 aromatic carbocycles. The van der Waals surface area contributed by atoms with Crippen molar-refractivity contribution in [2.24, 2.45) is 0 Å². The van der Waals surface area contributed by atoms with Crippen LogP contribution in [0.1, 0.15) is 11.7 Å². The number of rotatable bonds is 5. The quantitative estimate of drug-likeness (QED) is 0.869. The van der Waals surface area contributed by atoms with Gasteiger partial charge < -0.3 is 9.52 Å². The van der Waals surface area contributed by atoms with Crippen molar-refractivity contribution >= 4 is 26.0 Å². The standard InChI is InChI=1S/C12H12BrNO4S/c13-10-3-1-2-4-12(10)19(16,17)14-7-11(15)9-5-6-18-8-9/h1-6,8,11,14-15H,7H2/t11-/m1/s1. The third-order valence-corrected chi connectivity index (χ3v) is 4.96. The van der Waals surface area contributed by atoms with E-state index >= 15 is 0 Å². The second-order valence-corrected chi connectivity index (χ2v) is 6.44. The highest BCUT2D eigenvalue weighted by Crippen LogP contribution is 2.21. The largest absolute Gasteiger partial charge is 0.472 e. The number of halogens is 1. The number of benzene rings is 1. The number of aliphatic hydroxyl groups excluding tert-OH is 1. The molecule has 2 rings (SSSR count). The summed E-state index contributed by atoms with van der Waals surface area (Å²) in [5.41, 5.74) is 0.523. The first-order valence-corrected chi connectivity index (χ1v) is 7.72. The minimum atomic E-state index is -3.66. The maximum atomic E-state index is 12.1. The molecule has 19 heavy (non-hydrogen) atoms. The summed E-state index contributed by atoms with van der Waals surface area (Å²) in [4.78, 5) is 0.134. The van der Waals surface area contributed by atoms with Crippen molar-refractivity contribution in [3.8, 4) is 0 Å². The van der Waals surface area contributed by atoms with Crippen LogP contribution in [0.3, 0.4) is 0 Å². The summed E-state index contributed by atoms with van der Waals surface area (Å²) in [5.74, 6) is 0. The van der Waals surface area contributed by atoms with Gasteiger partial charge in [-0.15, -0.1) is 0 Å². The van der Waals surface area contributed by atoms with Crippen LogP contribution in [0.4, 0.5) is 0 Å². The van der Waals surface area contributed by atoms with Gasteiger partial charge in [-0.1, -0.05) is 12.1 Å². The summed E-state index contributed by atoms with van der Waals surface area (Å²) in [6.07, 6.45) is 1.84. The highest BCUT2D eigenvalue weighted by molar-refractivity contribution is 9.10. The number of sulfonamides is 1. The van der Waals surface area contributed by atoms with Crippen LogP contribution < -0.4 is 4.72 Å². The normalized spacial score (nSPS) is 13.4. The molecular weight excluding hydrogens is 334 g/mol. The average Bonchev–Trinajstić information content (AvgIpc) is 2.90. The van der Waals surface area contributed by atoms with Crippen molar-refractivity contribution in [2.45, 2.75) is 11.0 Å². The monoisotopic (exact) mass is 345 g/mol. The molecule has 1 heterocycles. The topological polar surface area (TPSA) is 79.5 Å². The first kappa shape index (κ1) is 14.3. The molecule has 2 aromatic rings. The molecule has 0 amide bonds. The molecule has 5 nitrogen and oxygen atoms in total. The lowest BCUT2D eigenvalue weighted by molar-refractivity contribution is 0.181. The maximum absolute atomic E-state index is 12.1. The number of nitrogens with one attached hydrogen (secondary N) is 1. The zero-order valence-electron chi connectivity index (χ0n) is 9.78. The van der Waals surface area contributed by atoms with Gasteiger partial charge >= 0.3 is 0 Å². The van der Waals surface area contributed by atoms with Gasteiger partial charge in [0.1, 0.15) is 0 Å². The predicted molar refractivity (Wildman–Crippen MR) is 73.0 cm³/mol. The highest BCUT2D eigenvalue weighted by atomic mass is 79.9. The van der Waals surface area contributed by atoms with E-state index in [-0.39, 0.29) is 11.4 Å². The summed E-state index contributed by atoms with van der Waals surface area (Å²) in [6, 6.07) is 8.06. The van der Waals surface area contributed by atoms with E-state index in [0.717, 1.165) is 0 Å². The zero-order valence-corrected chi connectivity index (χ0v) is 12.2. The summed E-state index contributed by atoms with van der Waals surface area (Å²) >= 11 is 3.18. The summed E-state index contributed by atoms with van der Waals surface area (Å²) < 4.78 is 31.8. The van der Waals surface area contributed by atoms with Crippen LogP contribution in [0.15, 0.2) is 56.6 Å². The van der Waals surface area contributed by atoms with Crippen molar-refractivity contribution < 1.29 is 17.9 Å². The van der Waals surface area contributed by atoms with E-state index in [0.29, 0.717) is 10.0 Å². The molecule has 0 saturated carbocycles. The van der Waals surface area contributed by atoms with Crippen LogP contribution in [-0.2, 0) is 10.0 Å². The fraction of sp³-hybridized carbons (Fsp3) is 0.167. The molecule has 0 aliphatic carbocycles. The van der Waals surface area contributed by atoms with Gasteiger partial charge in [-0.25, -0.2) is 13.1 Å². The Balaban J connectivity index is 2.09. The first-order chi connectivity index (χ1) is 9.00. The minimum absolute atomic E-state index is 0.122. The molecule has 0 unspecified atom stereocenters. The van der Waals surface area contributed by atoms with E-state index in [1.54, 1.807) is 24.3 Å². The molecule has 0 saturated heterocycles. The Morgan fingerprint density at radius 1 is 1.32 bits per heavy atom. The van der Waals surface area contributed by atoms with Gasteiger partial charge in [0.2, 0.25) is 10.0 Å². The Kier molecular flexibility index (Phi) is 4.41. The summed E-state index contributed by atoms with van der Waals surface area (Å²) in [6.45, 7) is -0.122. The van der Waals surface area contributed by atoms with Crippen LogP contribution in [0.5, 0.6) is 0 Å². The SMILES string of the molecule is O=S(=O)(NC[C@@H](O)c1ccoc1)c1ccccc1Br. The van der Waals surface area contributed by atoms with Crippen molar-refractivity contribution in [1.82, 2.24) is 4.72 Å². The van der Waals surface area contributed by atoms with Crippen LogP contribution in [0.25, 0.3) is 0 Å². The molecule has 0 aliphatic heterocycles. The van der Waals surface area contributed by atoms with E-state index in [4.69, 9.17) is 4.42 Å². The van der Waals surface area contributed by atoms with Gasteiger partial charge in [0.05, 0.1) is 23.5 Å². The number of aliphatic hydroxyl groups is 1. The molecule has 2 N–H and O–H groups in total. The molecule has 0 spiro atoms. The second kappa shape index (κ2) is 5.87. The number of hydrogen-bond donors (Lipinski definition) is 2. The van der Waals surface area contributed by atoms with Crippen molar-refractivity contribution in [3.05, 3.63) is 52.9 Å². The van der Waals surface area contributed by atoms with Gasteiger partial charge in [-0.3, -0.25) is 0 Å². The smallest absolute Gasteiger partial charge is 0.241 e. The van der Waals surface area contributed by atoms with Crippen molar-refractivity contribution in [2.75, 3.05) is 6.54 Å². The van der Waals surface area contributed by atoms with Crippen LogP contribution in [-0.4, -0.2) is 20.1 Å². The molecule has 1 aromatic heterocycles. The van der Waals surface area contributed by atoms with E-state index in [1.807, 2.05) is 0 Å².